The highest BCUT2D eigenvalue weighted by molar-refractivity contribution is 4.88. The second-order valence-electron chi connectivity index (χ2n) is 7.68. The quantitative estimate of drug-likeness (QED) is 0.262. The van der Waals surface area contributed by atoms with Crippen molar-refractivity contribution >= 4 is 0 Å². The summed E-state index contributed by atoms with van der Waals surface area (Å²) in [6.07, 6.45) is 16.5. The van der Waals surface area contributed by atoms with Crippen molar-refractivity contribution in [3.05, 3.63) is 12.2 Å². The van der Waals surface area contributed by atoms with Gasteiger partial charge in [0.05, 0.1) is 13.2 Å². The van der Waals surface area contributed by atoms with Crippen molar-refractivity contribution in [1.29, 1.82) is 0 Å². The van der Waals surface area contributed by atoms with Gasteiger partial charge in [0.25, 0.3) is 0 Å². The van der Waals surface area contributed by atoms with Crippen LogP contribution in [0.4, 0.5) is 0 Å². The summed E-state index contributed by atoms with van der Waals surface area (Å²) in [6.45, 7) is 2.68. The molecule has 0 radical (unpaired) electrons. The van der Waals surface area contributed by atoms with E-state index >= 15 is 0 Å². The maximum atomic E-state index is 9.81. The molecule has 3 N–H and O–H groups in total. The van der Waals surface area contributed by atoms with E-state index in [2.05, 4.69) is 19.1 Å². The molecule has 0 aromatic heterocycles. The number of hydrogen-bond donors (Lipinski definition) is 3. The fourth-order valence-corrected chi connectivity index (χ4v) is 3.44. The lowest BCUT2D eigenvalue weighted by molar-refractivity contribution is -0.101. The Balaban J connectivity index is 1.88. The second kappa shape index (κ2) is 16.5. The highest BCUT2D eigenvalue weighted by atomic mass is 16.6. The fourth-order valence-electron chi connectivity index (χ4n) is 3.44. The molecule has 0 bridgehead atoms. The molecule has 4 atom stereocenters. The molecule has 160 valence electrons. The molecule has 0 aliphatic carbocycles. The Hall–Kier alpha value is -0.460. The van der Waals surface area contributed by atoms with Gasteiger partial charge in [0.15, 0.2) is 0 Å². The molecule has 0 saturated carbocycles. The summed E-state index contributed by atoms with van der Waals surface area (Å²) >= 11 is 0. The highest BCUT2D eigenvalue weighted by Gasteiger charge is 2.40. The van der Waals surface area contributed by atoms with E-state index in [1.165, 1.54) is 64.2 Å². The molecular weight excluding hydrogens is 344 g/mol. The van der Waals surface area contributed by atoms with Gasteiger partial charge in [0, 0.05) is 6.61 Å². The normalized spacial score (nSPS) is 24.1. The minimum absolute atomic E-state index is 0.0976. The lowest BCUT2D eigenvalue weighted by Crippen LogP contribution is -2.42. The topological polar surface area (TPSA) is 79.2 Å². The first-order valence-electron chi connectivity index (χ1n) is 11.1. The van der Waals surface area contributed by atoms with Gasteiger partial charge in [-0.25, -0.2) is 0 Å². The number of hydrogen-bond acceptors (Lipinski definition) is 5. The van der Waals surface area contributed by atoms with Gasteiger partial charge in [-0.3, -0.25) is 0 Å². The van der Waals surface area contributed by atoms with Crippen LogP contribution in [0.5, 0.6) is 0 Å². The van der Waals surface area contributed by atoms with E-state index in [-0.39, 0.29) is 13.2 Å². The molecule has 1 heterocycles. The molecule has 0 amide bonds. The maximum Gasteiger partial charge on any atom is 0.114 e. The third kappa shape index (κ3) is 11.2. The third-order valence-corrected chi connectivity index (χ3v) is 5.22. The SMILES string of the molecule is CCCCC/C=C/CCCCCCCCCO[C@@H](CO)[C@H]1OC[C@@H](O)[C@H]1O. The van der Waals surface area contributed by atoms with E-state index in [1.807, 2.05) is 0 Å². The van der Waals surface area contributed by atoms with E-state index in [1.54, 1.807) is 0 Å². The van der Waals surface area contributed by atoms with Crippen molar-refractivity contribution in [2.75, 3.05) is 19.8 Å². The fraction of sp³-hybridized carbons (Fsp3) is 0.909. The molecule has 0 unspecified atom stereocenters. The molecular formula is C22H42O5. The predicted molar refractivity (Wildman–Crippen MR) is 109 cm³/mol. The molecule has 1 saturated heterocycles. The Bertz CT molecular complexity index is 361. The monoisotopic (exact) mass is 386 g/mol. The lowest BCUT2D eigenvalue weighted by Gasteiger charge is -2.24. The van der Waals surface area contributed by atoms with Crippen LogP contribution in [0, 0.1) is 0 Å². The van der Waals surface area contributed by atoms with Crippen molar-refractivity contribution in [2.45, 2.75) is 108 Å². The molecule has 1 aliphatic heterocycles. The molecule has 1 rings (SSSR count). The Morgan fingerprint density at radius 3 is 2.07 bits per heavy atom. The number of aliphatic hydroxyl groups excluding tert-OH is 3. The van der Waals surface area contributed by atoms with Crippen LogP contribution in [-0.2, 0) is 9.47 Å². The van der Waals surface area contributed by atoms with Gasteiger partial charge in [-0.15, -0.1) is 0 Å². The second-order valence-corrected chi connectivity index (χ2v) is 7.68. The average Bonchev–Trinajstić information content (AvgIpc) is 3.00. The number of allylic oxidation sites excluding steroid dienone is 2. The van der Waals surface area contributed by atoms with E-state index in [9.17, 15) is 15.3 Å². The predicted octanol–water partition coefficient (Wildman–Crippen LogP) is 3.74. The molecule has 5 nitrogen and oxygen atoms in total. The summed E-state index contributed by atoms with van der Waals surface area (Å²) in [5, 5.41) is 28.7. The van der Waals surface area contributed by atoms with Crippen LogP contribution in [0.2, 0.25) is 0 Å². The van der Waals surface area contributed by atoms with Crippen LogP contribution in [0.1, 0.15) is 84.0 Å². The highest BCUT2D eigenvalue weighted by Crippen LogP contribution is 2.20. The van der Waals surface area contributed by atoms with Crippen LogP contribution in [0.15, 0.2) is 12.2 Å². The van der Waals surface area contributed by atoms with Gasteiger partial charge in [0.1, 0.15) is 24.4 Å². The van der Waals surface area contributed by atoms with Crippen LogP contribution in [0.25, 0.3) is 0 Å². The van der Waals surface area contributed by atoms with Crippen molar-refractivity contribution < 1.29 is 24.8 Å². The van der Waals surface area contributed by atoms with Crippen molar-refractivity contribution in [2.24, 2.45) is 0 Å². The summed E-state index contributed by atoms with van der Waals surface area (Å²) in [4.78, 5) is 0. The van der Waals surface area contributed by atoms with Crippen molar-refractivity contribution in [3.63, 3.8) is 0 Å². The van der Waals surface area contributed by atoms with Gasteiger partial charge in [-0.1, -0.05) is 64.0 Å². The number of aliphatic hydroxyl groups is 3. The number of ether oxygens (including phenoxy) is 2. The largest absolute Gasteiger partial charge is 0.394 e. The Labute approximate surface area is 165 Å². The molecule has 1 aliphatic rings. The molecule has 0 aromatic carbocycles. The summed E-state index contributed by atoms with van der Waals surface area (Å²) < 4.78 is 11.0. The maximum absolute atomic E-state index is 9.81. The number of unbranched alkanes of at least 4 members (excludes halogenated alkanes) is 10. The van der Waals surface area contributed by atoms with Crippen molar-refractivity contribution in [3.8, 4) is 0 Å². The average molecular weight is 387 g/mol. The van der Waals surface area contributed by atoms with Crippen molar-refractivity contribution in [1.82, 2.24) is 0 Å². The zero-order valence-corrected chi connectivity index (χ0v) is 17.2. The van der Waals surface area contributed by atoms with Crippen LogP contribution in [-0.4, -0.2) is 59.6 Å². The lowest BCUT2D eigenvalue weighted by atomic mass is 10.1. The smallest absolute Gasteiger partial charge is 0.114 e. The van der Waals surface area contributed by atoms with E-state index in [0.717, 1.165) is 12.8 Å². The minimum atomic E-state index is -0.978. The first-order valence-corrected chi connectivity index (χ1v) is 11.1. The molecule has 0 aromatic rings. The Kier molecular flexibility index (Phi) is 15.0. The third-order valence-electron chi connectivity index (χ3n) is 5.22. The van der Waals surface area contributed by atoms with Gasteiger partial charge in [-0.05, 0) is 32.1 Å². The summed E-state index contributed by atoms with van der Waals surface area (Å²) in [5.74, 6) is 0. The molecule has 1 fully saturated rings. The summed E-state index contributed by atoms with van der Waals surface area (Å²) in [6, 6.07) is 0. The van der Waals surface area contributed by atoms with Gasteiger partial charge >= 0.3 is 0 Å². The Morgan fingerprint density at radius 2 is 1.52 bits per heavy atom. The van der Waals surface area contributed by atoms with Gasteiger partial charge in [0.2, 0.25) is 0 Å². The first-order chi connectivity index (χ1) is 13.2. The minimum Gasteiger partial charge on any atom is -0.394 e. The zero-order valence-electron chi connectivity index (χ0n) is 17.2. The standard InChI is InChI=1S/C22H42O5/c1-2-3-4-5-6-7-8-9-10-11-12-13-14-15-16-26-20(17-23)22-21(25)19(24)18-27-22/h6-7,19-25H,2-5,8-18H2,1H3/b7-6+/t19-,20+,21-,22-/m1/s1. The molecule has 0 spiro atoms. The van der Waals surface area contributed by atoms with E-state index in [0.29, 0.717) is 6.61 Å². The van der Waals surface area contributed by atoms with Crippen LogP contribution < -0.4 is 0 Å². The number of rotatable bonds is 17. The molecule has 5 heteroatoms. The van der Waals surface area contributed by atoms with Gasteiger partial charge < -0.3 is 24.8 Å². The van der Waals surface area contributed by atoms with Gasteiger partial charge in [-0.2, -0.15) is 0 Å². The van der Waals surface area contributed by atoms with Crippen LogP contribution >= 0.6 is 0 Å². The van der Waals surface area contributed by atoms with E-state index < -0.39 is 24.4 Å². The van der Waals surface area contributed by atoms with E-state index in [4.69, 9.17) is 9.47 Å². The summed E-state index contributed by atoms with van der Waals surface area (Å²) in [7, 11) is 0. The first kappa shape index (κ1) is 24.6. The molecule has 27 heavy (non-hydrogen) atoms. The summed E-state index contributed by atoms with van der Waals surface area (Å²) in [5.41, 5.74) is 0. The van der Waals surface area contributed by atoms with Crippen LogP contribution in [0.3, 0.4) is 0 Å². The zero-order chi connectivity index (χ0) is 19.7. The Morgan fingerprint density at radius 1 is 0.926 bits per heavy atom.